The van der Waals surface area contributed by atoms with Gasteiger partial charge in [0, 0.05) is 11.6 Å². The maximum Gasteiger partial charge on any atom is 0.274 e. The minimum atomic E-state index is -0.994. The van der Waals surface area contributed by atoms with Gasteiger partial charge in [0.1, 0.15) is 0 Å². The van der Waals surface area contributed by atoms with Gasteiger partial charge >= 0.3 is 0 Å². The van der Waals surface area contributed by atoms with Crippen LogP contribution in [0.25, 0.3) is 0 Å². The highest BCUT2D eigenvalue weighted by Gasteiger charge is 2.27. The van der Waals surface area contributed by atoms with E-state index >= 15 is 0 Å². The number of aryl methyl sites for hydroxylation is 2. The van der Waals surface area contributed by atoms with Crippen molar-refractivity contribution in [2.75, 3.05) is 5.32 Å². The zero-order valence-electron chi connectivity index (χ0n) is 11.6. The van der Waals surface area contributed by atoms with Crippen LogP contribution in [0.5, 0.6) is 0 Å². The average molecular weight is 265 g/mol. The number of hydrogen-bond donors (Lipinski definition) is 2. The Hall–Kier alpha value is -1.95. The first kappa shape index (κ1) is 15.1. The Morgan fingerprint density at radius 3 is 2.47 bits per heavy atom. The van der Waals surface area contributed by atoms with Gasteiger partial charge in [0.15, 0.2) is 0 Å². The molecule has 19 heavy (non-hydrogen) atoms. The van der Waals surface area contributed by atoms with Crippen LogP contribution < -0.4 is 11.1 Å². The number of nitrogens with one attached hydrogen (secondary N) is 1. The van der Waals surface area contributed by atoms with Crippen molar-refractivity contribution >= 4 is 17.3 Å². The summed E-state index contributed by atoms with van der Waals surface area (Å²) in [6, 6.07) is 3.04. The number of nitrogens with zero attached hydrogens (tertiary/aromatic N) is 1. The number of carbonyl (C=O) groups excluding carboxylic acids is 1. The molecule has 1 aromatic rings. The second-order valence-corrected chi connectivity index (χ2v) is 4.94. The van der Waals surface area contributed by atoms with Crippen molar-refractivity contribution in [3.05, 3.63) is 33.4 Å². The number of rotatable bonds is 4. The van der Waals surface area contributed by atoms with Crippen LogP contribution in [0.2, 0.25) is 0 Å². The van der Waals surface area contributed by atoms with Crippen LogP contribution in [0.15, 0.2) is 12.1 Å². The van der Waals surface area contributed by atoms with Crippen LogP contribution in [-0.4, -0.2) is 16.4 Å². The number of nitro benzene ring substituents is 1. The van der Waals surface area contributed by atoms with Gasteiger partial charge in [0.25, 0.3) is 5.69 Å². The van der Waals surface area contributed by atoms with Crippen molar-refractivity contribution < 1.29 is 9.72 Å². The minimum Gasteiger partial charge on any atom is -0.324 e. The number of carbonyl (C=O) groups is 1. The molecule has 104 valence electrons. The van der Waals surface area contributed by atoms with Gasteiger partial charge in [-0.1, -0.05) is 6.92 Å². The Morgan fingerprint density at radius 1 is 1.42 bits per heavy atom. The lowest BCUT2D eigenvalue weighted by Crippen LogP contribution is -2.47. The van der Waals surface area contributed by atoms with Gasteiger partial charge in [-0.25, -0.2) is 0 Å². The number of amides is 1. The van der Waals surface area contributed by atoms with Crippen molar-refractivity contribution in [1.29, 1.82) is 0 Å². The van der Waals surface area contributed by atoms with Crippen LogP contribution in [0.3, 0.4) is 0 Å². The van der Waals surface area contributed by atoms with E-state index in [1.54, 1.807) is 26.8 Å². The first-order valence-electron chi connectivity index (χ1n) is 6.05. The molecule has 3 N–H and O–H groups in total. The molecule has 0 bridgehead atoms. The van der Waals surface area contributed by atoms with E-state index in [9.17, 15) is 14.9 Å². The van der Waals surface area contributed by atoms with Gasteiger partial charge in [0.2, 0.25) is 5.91 Å². The summed E-state index contributed by atoms with van der Waals surface area (Å²) >= 11 is 0. The Kier molecular flexibility index (Phi) is 4.26. The monoisotopic (exact) mass is 265 g/mol. The van der Waals surface area contributed by atoms with E-state index in [0.717, 1.165) is 5.56 Å². The maximum atomic E-state index is 12.0. The third-order valence-electron chi connectivity index (χ3n) is 3.24. The zero-order chi connectivity index (χ0) is 14.8. The molecule has 0 heterocycles. The summed E-state index contributed by atoms with van der Waals surface area (Å²) in [6.07, 6.45) is 0.478. The molecule has 0 aliphatic rings. The van der Waals surface area contributed by atoms with Crippen molar-refractivity contribution in [2.45, 2.75) is 39.7 Å². The predicted molar refractivity (Wildman–Crippen MR) is 74.1 cm³/mol. The fourth-order valence-corrected chi connectivity index (χ4v) is 1.60. The molecule has 0 radical (unpaired) electrons. The van der Waals surface area contributed by atoms with E-state index in [1.807, 2.05) is 6.92 Å². The third-order valence-corrected chi connectivity index (χ3v) is 3.24. The molecular weight excluding hydrogens is 246 g/mol. The largest absolute Gasteiger partial charge is 0.324 e. The van der Waals surface area contributed by atoms with Gasteiger partial charge in [0.05, 0.1) is 16.1 Å². The fourth-order valence-electron chi connectivity index (χ4n) is 1.60. The summed E-state index contributed by atoms with van der Waals surface area (Å²) in [7, 11) is 0. The number of anilines is 1. The molecule has 0 saturated carbocycles. The smallest absolute Gasteiger partial charge is 0.274 e. The van der Waals surface area contributed by atoms with Gasteiger partial charge in [-0.3, -0.25) is 14.9 Å². The van der Waals surface area contributed by atoms with Crippen molar-refractivity contribution in [2.24, 2.45) is 5.73 Å². The van der Waals surface area contributed by atoms with E-state index < -0.39 is 10.5 Å². The van der Waals surface area contributed by atoms with E-state index in [-0.39, 0.29) is 11.6 Å². The van der Waals surface area contributed by atoms with Crippen LogP contribution in [0, 0.1) is 24.0 Å². The highest BCUT2D eigenvalue weighted by molar-refractivity contribution is 5.98. The average Bonchev–Trinajstić information content (AvgIpc) is 2.31. The van der Waals surface area contributed by atoms with Crippen molar-refractivity contribution in [3.63, 3.8) is 0 Å². The predicted octanol–water partition coefficient (Wildman–Crippen LogP) is 2.28. The van der Waals surface area contributed by atoms with Crippen LogP contribution in [0.1, 0.15) is 31.4 Å². The third kappa shape index (κ3) is 3.29. The molecule has 1 rings (SSSR count). The highest BCUT2D eigenvalue weighted by atomic mass is 16.6. The number of nitro groups is 1. The Balaban J connectivity index is 3.12. The standard InChI is InChI=1S/C13H19N3O3/c1-5-13(4,14)12(17)15-10-7-11(16(18)19)9(3)6-8(10)2/h6-7H,5,14H2,1-4H3,(H,15,17). The molecule has 0 aliphatic carbocycles. The summed E-state index contributed by atoms with van der Waals surface area (Å²) < 4.78 is 0. The Morgan fingerprint density at radius 2 is 2.00 bits per heavy atom. The Labute approximate surface area is 112 Å². The van der Waals surface area contributed by atoms with E-state index in [1.165, 1.54) is 6.07 Å². The summed E-state index contributed by atoms with van der Waals surface area (Å²) in [5.41, 5.74) is 6.58. The van der Waals surface area contributed by atoms with E-state index in [0.29, 0.717) is 17.7 Å². The molecule has 6 heteroatoms. The molecule has 1 aromatic carbocycles. The SMILES string of the molecule is CCC(C)(N)C(=O)Nc1cc([N+](=O)[O-])c(C)cc1C. The molecule has 0 aromatic heterocycles. The minimum absolute atomic E-state index is 0.0175. The highest BCUT2D eigenvalue weighted by Crippen LogP contribution is 2.26. The molecule has 0 fully saturated rings. The van der Waals surface area contributed by atoms with Gasteiger partial charge in [-0.15, -0.1) is 0 Å². The second kappa shape index (κ2) is 5.36. The van der Waals surface area contributed by atoms with Gasteiger partial charge in [-0.2, -0.15) is 0 Å². The first-order valence-corrected chi connectivity index (χ1v) is 6.05. The molecule has 6 nitrogen and oxygen atoms in total. The number of nitrogens with two attached hydrogens (primary N) is 1. The summed E-state index contributed by atoms with van der Waals surface area (Å²) in [6.45, 7) is 6.88. The number of benzene rings is 1. The number of hydrogen-bond acceptors (Lipinski definition) is 4. The maximum absolute atomic E-state index is 12.0. The quantitative estimate of drug-likeness (QED) is 0.644. The second-order valence-electron chi connectivity index (χ2n) is 4.94. The lowest BCUT2D eigenvalue weighted by molar-refractivity contribution is -0.385. The van der Waals surface area contributed by atoms with Gasteiger partial charge in [-0.05, 0) is 38.8 Å². The molecule has 0 aliphatic heterocycles. The molecule has 0 saturated heterocycles. The van der Waals surface area contributed by atoms with Crippen LogP contribution in [0.4, 0.5) is 11.4 Å². The normalized spacial score (nSPS) is 13.7. The molecule has 1 atom stereocenters. The topological polar surface area (TPSA) is 98.3 Å². The lowest BCUT2D eigenvalue weighted by atomic mass is 9.99. The molecule has 0 spiro atoms. The summed E-state index contributed by atoms with van der Waals surface area (Å²) in [4.78, 5) is 22.4. The summed E-state index contributed by atoms with van der Waals surface area (Å²) in [5.74, 6) is -0.351. The van der Waals surface area contributed by atoms with E-state index in [4.69, 9.17) is 5.73 Å². The summed E-state index contributed by atoms with van der Waals surface area (Å²) in [5, 5.41) is 13.5. The molecule has 1 amide bonds. The van der Waals surface area contributed by atoms with Crippen molar-refractivity contribution in [3.8, 4) is 0 Å². The Bertz CT molecular complexity index is 524. The first-order chi connectivity index (χ1) is 8.69. The lowest BCUT2D eigenvalue weighted by Gasteiger charge is -2.22. The van der Waals surface area contributed by atoms with Crippen LogP contribution in [-0.2, 0) is 4.79 Å². The van der Waals surface area contributed by atoms with E-state index in [2.05, 4.69) is 5.32 Å². The molecular formula is C13H19N3O3. The fraction of sp³-hybridized carbons (Fsp3) is 0.462. The van der Waals surface area contributed by atoms with Crippen LogP contribution >= 0.6 is 0 Å². The zero-order valence-corrected chi connectivity index (χ0v) is 11.6. The van der Waals surface area contributed by atoms with Crippen molar-refractivity contribution in [1.82, 2.24) is 0 Å². The van der Waals surface area contributed by atoms with Gasteiger partial charge < -0.3 is 11.1 Å². The molecule has 1 unspecified atom stereocenters.